The van der Waals surface area contributed by atoms with Gasteiger partial charge in [0.2, 0.25) is 0 Å². The molecule has 0 N–H and O–H groups in total. The molecule has 19 heavy (non-hydrogen) atoms. The van der Waals surface area contributed by atoms with E-state index in [1.807, 2.05) is 0 Å². The minimum Gasteiger partial charge on any atom is -0.493 e. The molecule has 0 heterocycles. The molecule has 0 spiro atoms. The molecule has 0 saturated carbocycles. The van der Waals surface area contributed by atoms with Crippen molar-refractivity contribution in [1.29, 1.82) is 0 Å². The summed E-state index contributed by atoms with van der Waals surface area (Å²) in [5, 5.41) is 1.39. The summed E-state index contributed by atoms with van der Waals surface area (Å²) in [7, 11) is 2.10. The molecule has 0 radical (unpaired) electrons. The first kappa shape index (κ1) is 14.4. The number of rotatable bonds is 3. The van der Waals surface area contributed by atoms with E-state index in [9.17, 15) is 0 Å². The minimum atomic E-state index is -1.43. The van der Waals surface area contributed by atoms with Crippen molar-refractivity contribution in [1.82, 2.24) is 0 Å². The number of methoxy groups -OCH3 is 2. The van der Waals surface area contributed by atoms with Gasteiger partial charge in [0.15, 0.2) is 11.5 Å². The largest absolute Gasteiger partial charge is 0.493 e. The number of benzene rings is 1. The Morgan fingerprint density at radius 2 is 1.74 bits per heavy atom. The van der Waals surface area contributed by atoms with Crippen LogP contribution in [0.25, 0.3) is 0 Å². The summed E-state index contributed by atoms with van der Waals surface area (Å²) >= 11 is 0. The van der Waals surface area contributed by atoms with Gasteiger partial charge in [-0.15, -0.1) is 0 Å². The van der Waals surface area contributed by atoms with E-state index in [4.69, 9.17) is 9.47 Å². The van der Waals surface area contributed by atoms with Crippen LogP contribution in [-0.2, 0) is 6.42 Å². The zero-order chi connectivity index (χ0) is 14.2. The average molecular weight is 278 g/mol. The van der Waals surface area contributed by atoms with Gasteiger partial charge in [0.05, 0.1) is 22.3 Å². The van der Waals surface area contributed by atoms with Gasteiger partial charge in [-0.05, 0) is 35.9 Å². The van der Waals surface area contributed by atoms with Crippen LogP contribution >= 0.6 is 0 Å². The second-order valence-electron chi connectivity index (χ2n) is 6.61. The smallest absolute Gasteiger partial charge is 0.164 e. The normalized spacial score (nSPS) is 18.9. The SMILES string of the molecule is COc1c([Si](C)(C)C)cc2c(c1OC)[C@@H](C)CCC2. The van der Waals surface area contributed by atoms with Crippen LogP contribution in [0.4, 0.5) is 0 Å². The number of aryl methyl sites for hydroxylation is 1. The number of ether oxygens (including phenoxy) is 2. The number of hydrogen-bond acceptors (Lipinski definition) is 2. The maximum atomic E-state index is 5.74. The Hall–Kier alpha value is -0.963. The highest BCUT2D eigenvalue weighted by Crippen LogP contribution is 2.42. The van der Waals surface area contributed by atoms with Crippen LogP contribution < -0.4 is 14.7 Å². The van der Waals surface area contributed by atoms with Gasteiger partial charge in [0.1, 0.15) is 0 Å². The van der Waals surface area contributed by atoms with Gasteiger partial charge in [-0.2, -0.15) is 0 Å². The summed E-state index contributed by atoms with van der Waals surface area (Å²) < 4.78 is 11.5. The summed E-state index contributed by atoms with van der Waals surface area (Å²) in [4.78, 5) is 0. The molecule has 1 atom stereocenters. The van der Waals surface area contributed by atoms with Gasteiger partial charge in [0, 0.05) is 5.56 Å². The van der Waals surface area contributed by atoms with E-state index in [0.717, 1.165) is 11.5 Å². The first-order chi connectivity index (χ1) is 8.90. The molecule has 0 unspecified atom stereocenters. The molecule has 0 bridgehead atoms. The molecule has 2 nitrogen and oxygen atoms in total. The van der Waals surface area contributed by atoms with Gasteiger partial charge in [0.25, 0.3) is 0 Å². The molecule has 0 amide bonds. The third-order valence-electron chi connectivity index (χ3n) is 4.15. The standard InChI is InChI=1S/C16H26O2Si/c1-11-8-7-9-12-10-13(19(4,5)6)15(17-2)16(18-3)14(11)12/h10-11H,7-9H2,1-6H3/t11-/m0/s1. The van der Waals surface area contributed by atoms with E-state index in [0.29, 0.717) is 5.92 Å². The van der Waals surface area contributed by atoms with Crippen LogP contribution in [0.2, 0.25) is 19.6 Å². The molecule has 0 fully saturated rings. The summed E-state index contributed by atoms with van der Waals surface area (Å²) in [6.45, 7) is 9.39. The van der Waals surface area contributed by atoms with E-state index < -0.39 is 8.07 Å². The highest BCUT2D eigenvalue weighted by molar-refractivity contribution is 6.89. The zero-order valence-corrected chi connectivity index (χ0v) is 14.1. The Labute approximate surface area is 118 Å². The Bertz CT molecular complexity index is 475. The molecule has 3 heteroatoms. The van der Waals surface area contributed by atoms with Gasteiger partial charge in [-0.25, -0.2) is 0 Å². The minimum absolute atomic E-state index is 0.572. The van der Waals surface area contributed by atoms with Crippen molar-refractivity contribution in [3.8, 4) is 11.5 Å². The van der Waals surface area contributed by atoms with Gasteiger partial charge >= 0.3 is 0 Å². The maximum absolute atomic E-state index is 5.74. The van der Waals surface area contributed by atoms with Crippen molar-refractivity contribution in [2.24, 2.45) is 0 Å². The molecule has 0 aromatic heterocycles. The lowest BCUT2D eigenvalue weighted by Gasteiger charge is -2.30. The lowest BCUT2D eigenvalue weighted by molar-refractivity contribution is 0.348. The Morgan fingerprint density at radius 1 is 1.11 bits per heavy atom. The van der Waals surface area contributed by atoms with Crippen molar-refractivity contribution in [3.05, 3.63) is 17.2 Å². The molecular weight excluding hydrogens is 252 g/mol. The molecule has 1 aromatic carbocycles. The van der Waals surface area contributed by atoms with E-state index in [1.165, 1.54) is 35.6 Å². The molecule has 106 valence electrons. The fourth-order valence-corrected chi connectivity index (χ4v) is 4.66. The van der Waals surface area contributed by atoms with Crippen molar-refractivity contribution in [2.75, 3.05) is 14.2 Å². The van der Waals surface area contributed by atoms with E-state index >= 15 is 0 Å². The monoisotopic (exact) mass is 278 g/mol. The highest BCUT2D eigenvalue weighted by Gasteiger charge is 2.30. The Kier molecular flexibility index (Phi) is 3.95. The summed E-state index contributed by atoms with van der Waals surface area (Å²) in [5.74, 6) is 2.54. The lowest BCUT2D eigenvalue weighted by atomic mass is 9.83. The molecular formula is C16H26O2Si. The molecule has 0 saturated heterocycles. The summed E-state index contributed by atoms with van der Waals surface area (Å²) in [6, 6.07) is 2.40. The van der Waals surface area contributed by atoms with Crippen LogP contribution in [0.1, 0.15) is 36.8 Å². The molecule has 2 rings (SSSR count). The third kappa shape index (κ3) is 2.53. The van der Waals surface area contributed by atoms with Crippen molar-refractivity contribution < 1.29 is 9.47 Å². The van der Waals surface area contributed by atoms with Crippen molar-refractivity contribution >= 4 is 13.3 Å². The fraction of sp³-hybridized carbons (Fsp3) is 0.625. The quantitative estimate of drug-likeness (QED) is 0.785. The Morgan fingerprint density at radius 3 is 2.26 bits per heavy atom. The maximum Gasteiger partial charge on any atom is 0.164 e. The van der Waals surface area contributed by atoms with Crippen LogP contribution in [0, 0.1) is 0 Å². The average Bonchev–Trinajstić information content (AvgIpc) is 2.35. The van der Waals surface area contributed by atoms with Gasteiger partial charge < -0.3 is 9.47 Å². The molecule has 0 aliphatic heterocycles. The van der Waals surface area contributed by atoms with Gasteiger partial charge in [-0.3, -0.25) is 0 Å². The second-order valence-corrected chi connectivity index (χ2v) is 11.6. The summed E-state index contributed by atoms with van der Waals surface area (Å²) in [6.07, 6.45) is 3.71. The number of fused-ring (bicyclic) bond motifs is 1. The number of hydrogen-bond donors (Lipinski definition) is 0. The third-order valence-corrected chi connectivity index (χ3v) is 6.14. The molecule has 1 aliphatic rings. The zero-order valence-electron chi connectivity index (χ0n) is 13.1. The van der Waals surface area contributed by atoms with E-state index in [1.54, 1.807) is 14.2 Å². The van der Waals surface area contributed by atoms with Crippen LogP contribution in [-0.4, -0.2) is 22.3 Å². The molecule has 1 aromatic rings. The first-order valence-corrected chi connectivity index (χ1v) is 10.7. The lowest BCUT2D eigenvalue weighted by Crippen LogP contribution is -2.39. The van der Waals surface area contributed by atoms with Crippen LogP contribution in [0.15, 0.2) is 6.07 Å². The van der Waals surface area contributed by atoms with E-state index in [2.05, 4.69) is 32.6 Å². The van der Waals surface area contributed by atoms with Crippen molar-refractivity contribution in [2.45, 2.75) is 51.7 Å². The topological polar surface area (TPSA) is 18.5 Å². The molecule has 1 aliphatic carbocycles. The predicted octanol–water partition coefficient (Wildman–Crippen LogP) is 3.69. The summed E-state index contributed by atoms with van der Waals surface area (Å²) in [5.41, 5.74) is 2.86. The van der Waals surface area contributed by atoms with Gasteiger partial charge in [-0.1, -0.05) is 32.6 Å². The second kappa shape index (κ2) is 5.20. The van der Waals surface area contributed by atoms with Crippen LogP contribution in [0.5, 0.6) is 11.5 Å². The van der Waals surface area contributed by atoms with E-state index in [-0.39, 0.29) is 0 Å². The Balaban J connectivity index is 2.73. The fourth-order valence-electron chi connectivity index (χ4n) is 3.16. The predicted molar refractivity (Wildman–Crippen MR) is 83.9 cm³/mol. The highest BCUT2D eigenvalue weighted by atomic mass is 28.3. The van der Waals surface area contributed by atoms with Crippen LogP contribution in [0.3, 0.4) is 0 Å². The first-order valence-electron chi connectivity index (χ1n) is 7.18. The van der Waals surface area contributed by atoms with Crippen molar-refractivity contribution in [3.63, 3.8) is 0 Å².